The highest BCUT2D eigenvalue weighted by Crippen LogP contribution is 2.19. The minimum absolute atomic E-state index is 0.0757. The zero-order valence-electron chi connectivity index (χ0n) is 11.2. The number of urea groups is 1. The van der Waals surface area contributed by atoms with Gasteiger partial charge in [0.25, 0.3) is 0 Å². The number of imide groups is 1. The van der Waals surface area contributed by atoms with Gasteiger partial charge in [-0.25, -0.2) is 9.18 Å². The summed E-state index contributed by atoms with van der Waals surface area (Å²) in [6.45, 7) is 1.58. The fraction of sp³-hybridized carbons (Fsp3) is 0.308. The molecule has 1 atom stereocenters. The van der Waals surface area contributed by atoms with E-state index in [0.29, 0.717) is 4.47 Å². The van der Waals surface area contributed by atoms with Crippen molar-refractivity contribution >= 4 is 39.5 Å². The zero-order chi connectivity index (χ0) is 16.0. The van der Waals surface area contributed by atoms with Gasteiger partial charge in [0.05, 0.1) is 5.69 Å². The van der Waals surface area contributed by atoms with Crippen LogP contribution in [0.2, 0.25) is 0 Å². The highest BCUT2D eigenvalue weighted by molar-refractivity contribution is 9.10. The van der Waals surface area contributed by atoms with Gasteiger partial charge in [-0.05, 0) is 24.1 Å². The molecule has 3 N–H and O–H groups in total. The predicted octanol–water partition coefficient (Wildman–Crippen LogP) is 2.74. The molecule has 1 aromatic carbocycles. The van der Waals surface area contributed by atoms with Gasteiger partial charge in [-0.15, -0.1) is 0 Å². The quantitative estimate of drug-likeness (QED) is 0.752. The van der Waals surface area contributed by atoms with Gasteiger partial charge in [-0.3, -0.25) is 14.9 Å². The van der Waals surface area contributed by atoms with Crippen LogP contribution in [0.5, 0.6) is 0 Å². The molecule has 6 nitrogen and oxygen atoms in total. The summed E-state index contributed by atoms with van der Waals surface area (Å²) in [6.07, 6.45) is -0.282. The molecule has 1 unspecified atom stereocenters. The Balaban J connectivity index is 2.51. The maximum absolute atomic E-state index is 13.4. The van der Waals surface area contributed by atoms with Crippen LogP contribution in [0.25, 0.3) is 0 Å². The number of carbonyl (C=O) groups excluding carboxylic acids is 2. The molecule has 0 aliphatic rings. The molecule has 0 aromatic heterocycles. The molecule has 3 amide bonds. The number of halogens is 2. The average molecular weight is 361 g/mol. The number of carboxylic acid groups (broad SMARTS) is 1. The lowest BCUT2D eigenvalue weighted by Crippen LogP contribution is -2.35. The Kier molecular flexibility index (Phi) is 6.29. The molecule has 1 aromatic rings. The van der Waals surface area contributed by atoms with Crippen LogP contribution < -0.4 is 10.6 Å². The summed E-state index contributed by atoms with van der Waals surface area (Å²) >= 11 is 3.13. The second kappa shape index (κ2) is 7.72. The monoisotopic (exact) mass is 360 g/mol. The van der Waals surface area contributed by atoms with E-state index in [9.17, 15) is 18.8 Å². The average Bonchev–Trinajstić information content (AvgIpc) is 2.32. The first-order valence-corrected chi connectivity index (χ1v) is 6.85. The number of nitrogens with one attached hydrogen (secondary N) is 2. The summed E-state index contributed by atoms with van der Waals surface area (Å²) in [5, 5.41) is 12.8. The molecule has 8 heteroatoms. The number of hydrogen-bond donors (Lipinski definition) is 3. The van der Waals surface area contributed by atoms with Crippen molar-refractivity contribution in [2.75, 3.05) is 5.32 Å². The van der Waals surface area contributed by atoms with E-state index < -0.39 is 29.6 Å². The SMILES string of the molecule is CC(CC(=O)O)CC(=O)NC(=O)Nc1cc(Br)ccc1F. The van der Waals surface area contributed by atoms with E-state index in [2.05, 4.69) is 21.2 Å². The Morgan fingerprint density at radius 3 is 2.62 bits per heavy atom. The number of anilines is 1. The number of aliphatic carboxylic acids is 1. The van der Waals surface area contributed by atoms with Gasteiger partial charge >= 0.3 is 12.0 Å². The predicted molar refractivity (Wildman–Crippen MR) is 77.3 cm³/mol. The van der Waals surface area contributed by atoms with Crippen LogP contribution in [-0.4, -0.2) is 23.0 Å². The molecule has 0 saturated heterocycles. The molecule has 0 aliphatic heterocycles. The topological polar surface area (TPSA) is 95.5 Å². The second-order valence-corrected chi connectivity index (χ2v) is 5.45. The molecular weight excluding hydrogens is 347 g/mol. The highest BCUT2D eigenvalue weighted by Gasteiger charge is 2.15. The lowest BCUT2D eigenvalue weighted by molar-refractivity contribution is -0.138. The normalized spacial score (nSPS) is 11.6. The van der Waals surface area contributed by atoms with Crippen molar-refractivity contribution < 1.29 is 23.9 Å². The van der Waals surface area contributed by atoms with Crippen LogP contribution >= 0.6 is 15.9 Å². The van der Waals surface area contributed by atoms with Gasteiger partial charge < -0.3 is 10.4 Å². The van der Waals surface area contributed by atoms with Crippen LogP contribution in [0.3, 0.4) is 0 Å². The fourth-order valence-electron chi connectivity index (χ4n) is 1.61. The van der Waals surface area contributed by atoms with Gasteiger partial charge in [-0.2, -0.15) is 0 Å². The Bertz CT molecular complexity index is 565. The number of hydrogen-bond acceptors (Lipinski definition) is 3. The van der Waals surface area contributed by atoms with Crippen molar-refractivity contribution in [1.82, 2.24) is 5.32 Å². The fourth-order valence-corrected chi connectivity index (χ4v) is 1.97. The standard InChI is InChI=1S/C13H14BrFN2O4/c1-7(5-12(19)20)4-11(18)17-13(21)16-10-6-8(14)2-3-9(10)15/h2-3,6-7H,4-5H2,1H3,(H,19,20)(H2,16,17,18,21). The molecular formula is C13H14BrFN2O4. The molecule has 114 valence electrons. The number of amides is 3. The molecule has 1 rings (SSSR count). The van der Waals surface area contributed by atoms with Crippen LogP contribution in [0.15, 0.2) is 22.7 Å². The number of carboxylic acids is 1. The largest absolute Gasteiger partial charge is 0.481 e. The molecule has 0 heterocycles. The highest BCUT2D eigenvalue weighted by atomic mass is 79.9. The third kappa shape index (κ3) is 6.35. The van der Waals surface area contributed by atoms with Gasteiger partial charge in [0, 0.05) is 17.3 Å². The van der Waals surface area contributed by atoms with Crippen LogP contribution in [-0.2, 0) is 9.59 Å². The van der Waals surface area contributed by atoms with Gasteiger partial charge in [-0.1, -0.05) is 22.9 Å². The van der Waals surface area contributed by atoms with E-state index in [1.165, 1.54) is 12.1 Å². The second-order valence-electron chi connectivity index (χ2n) is 4.53. The first kappa shape index (κ1) is 17.1. The summed E-state index contributed by atoms with van der Waals surface area (Å²) in [5.74, 6) is -2.69. The van der Waals surface area contributed by atoms with E-state index in [1.807, 2.05) is 5.32 Å². The maximum Gasteiger partial charge on any atom is 0.325 e. The molecule has 0 saturated carbocycles. The Labute approximate surface area is 128 Å². The molecule has 0 radical (unpaired) electrons. The van der Waals surface area contributed by atoms with Crippen LogP contribution in [0.1, 0.15) is 19.8 Å². The Morgan fingerprint density at radius 2 is 2.00 bits per heavy atom. The van der Waals surface area contributed by atoms with Crippen LogP contribution in [0, 0.1) is 11.7 Å². The molecule has 0 aliphatic carbocycles. The first-order chi connectivity index (χ1) is 9.77. The Morgan fingerprint density at radius 1 is 1.33 bits per heavy atom. The van der Waals surface area contributed by atoms with Gasteiger partial charge in [0.2, 0.25) is 5.91 Å². The van der Waals surface area contributed by atoms with Crippen molar-refractivity contribution in [1.29, 1.82) is 0 Å². The van der Waals surface area contributed by atoms with E-state index in [-0.39, 0.29) is 18.5 Å². The summed E-state index contributed by atoms with van der Waals surface area (Å²) < 4.78 is 14.0. The van der Waals surface area contributed by atoms with E-state index in [4.69, 9.17) is 5.11 Å². The molecule has 0 fully saturated rings. The van der Waals surface area contributed by atoms with Crippen molar-refractivity contribution in [2.24, 2.45) is 5.92 Å². The molecule has 0 spiro atoms. The smallest absolute Gasteiger partial charge is 0.325 e. The van der Waals surface area contributed by atoms with Crippen LogP contribution in [0.4, 0.5) is 14.9 Å². The van der Waals surface area contributed by atoms with Crippen molar-refractivity contribution in [3.63, 3.8) is 0 Å². The lowest BCUT2D eigenvalue weighted by atomic mass is 10.0. The maximum atomic E-state index is 13.4. The molecule has 0 bridgehead atoms. The zero-order valence-corrected chi connectivity index (χ0v) is 12.7. The third-order valence-electron chi connectivity index (χ3n) is 2.49. The Hall–Kier alpha value is -1.96. The van der Waals surface area contributed by atoms with E-state index >= 15 is 0 Å². The summed E-state index contributed by atoms with van der Waals surface area (Å²) in [7, 11) is 0. The summed E-state index contributed by atoms with van der Waals surface area (Å²) in [6, 6.07) is 3.11. The molecule has 21 heavy (non-hydrogen) atoms. The minimum atomic E-state index is -1.02. The van der Waals surface area contributed by atoms with Gasteiger partial charge in [0.1, 0.15) is 5.82 Å². The number of benzene rings is 1. The van der Waals surface area contributed by atoms with Gasteiger partial charge in [0.15, 0.2) is 0 Å². The number of carbonyl (C=O) groups is 3. The van der Waals surface area contributed by atoms with E-state index in [1.54, 1.807) is 6.92 Å². The van der Waals surface area contributed by atoms with Crippen molar-refractivity contribution in [2.45, 2.75) is 19.8 Å². The van der Waals surface area contributed by atoms with Crippen molar-refractivity contribution in [3.05, 3.63) is 28.5 Å². The third-order valence-corrected chi connectivity index (χ3v) is 2.98. The van der Waals surface area contributed by atoms with Crippen molar-refractivity contribution in [3.8, 4) is 0 Å². The summed E-state index contributed by atoms with van der Waals surface area (Å²) in [5.41, 5.74) is -0.0757. The lowest BCUT2D eigenvalue weighted by Gasteiger charge is -2.10. The summed E-state index contributed by atoms with van der Waals surface area (Å²) in [4.78, 5) is 33.5. The first-order valence-electron chi connectivity index (χ1n) is 6.05. The number of rotatable bonds is 5. The van der Waals surface area contributed by atoms with E-state index in [0.717, 1.165) is 6.07 Å². The minimum Gasteiger partial charge on any atom is -0.481 e.